The minimum Gasteiger partial charge on any atom is -0.307 e. The van der Waals surface area contributed by atoms with E-state index in [-0.39, 0.29) is 57.2 Å². The van der Waals surface area contributed by atoms with Gasteiger partial charge in [0.1, 0.15) is 0 Å². The summed E-state index contributed by atoms with van der Waals surface area (Å²) in [6.45, 7) is 23.3. The van der Waals surface area contributed by atoms with Gasteiger partial charge in [0.25, 0.3) is 0 Å². The van der Waals surface area contributed by atoms with E-state index in [0.717, 1.165) is 61.8 Å². The summed E-state index contributed by atoms with van der Waals surface area (Å²) in [5, 5.41) is 0. The fourth-order valence-electron chi connectivity index (χ4n) is 11.6. The Hall–Kier alpha value is -3.52. The predicted octanol–water partition coefficient (Wildman–Crippen LogP) is 9.37. The molecule has 3 fully saturated rings. The lowest BCUT2D eigenvalue weighted by Gasteiger charge is -2.69. The Bertz CT molecular complexity index is 1770. The number of fused-ring (bicyclic) bond motifs is 7. The fourth-order valence-corrected chi connectivity index (χ4v) is 11.6. The summed E-state index contributed by atoms with van der Waals surface area (Å²) in [6.07, 6.45) is 11.7. The Morgan fingerprint density at radius 3 is 2.28 bits per heavy atom. The third-order valence-electron chi connectivity index (χ3n) is 14.3. The molecule has 0 bridgehead atoms. The van der Waals surface area contributed by atoms with Gasteiger partial charge in [0, 0.05) is 22.9 Å². The van der Waals surface area contributed by atoms with E-state index in [2.05, 4.69) is 51.6 Å². The molecule has 7 rings (SSSR count). The largest absolute Gasteiger partial charge is 0.307 e. The van der Waals surface area contributed by atoms with Crippen molar-refractivity contribution in [3.63, 3.8) is 0 Å². The second-order valence-electron chi connectivity index (χ2n) is 17.3. The number of nitrogens with zero attached hydrogens (tertiary/aromatic N) is 2. The van der Waals surface area contributed by atoms with Crippen molar-refractivity contribution in [3.05, 3.63) is 83.5 Å². The quantitative estimate of drug-likeness (QED) is 0.316. The van der Waals surface area contributed by atoms with Gasteiger partial charge in [-0.25, -0.2) is 4.85 Å². The first-order valence-corrected chi connectivity index (χ1v) is 17.3. The molecule has 1 aromatic carbocycles. The number of allylic oxidation sites excluding steroid dienone is 4. The topological polar surface area (TPSA) is 60.5 Å². The van der Waals surface area contributed by atoms with Crippen LogP contribution in [0.15, 0.2) is 72.1 Å². The molecule has 0 radical (unpaired) electrons. The first-order chi connectivity index (χ1) is 21.6. The van der Waals surface area contributed by atoms with Crippen LogP contribution in [0.25, 0.3) is 16.1 Å². The molecule has 7 atom stereocenters. The Morgan fingerprint density at radius 1 is 0.891 bits per heavy atom. The lowest BCUT2D eigenvalue weighted by molar-refractivity contribution is -0.164. The van der Waals surface area contributed by atoms with Crippen LogP contribution < -0.4 is 0 Å². The third-order valence-corrected chi connectivity index (χ3v) is 14.3. The molecule has 0 N–H and O–H groups in total. The Kier molecular flexibility index (Phi) is 6.59. The van der Waals surface area contributed by atoms with E-state index in [1.54, 1.807) is 0 Å². The number of ketones is 2. The molecule has 5 heteroatoms. The molecule has 240 valence electrons. The van der Waals surface area contributed by atoms with Gasteiger partial charge in [0.2, 0.25) is 11.6 Å². The second kappa shape index (κ2) is 9.75. The molecule has 0 saturated heterocycles. The van der Waals surface area contributed by atoms with Crippen LogP contribution in [-0.4, -0.2) is 22.0 Å². The lowest BCUT2D eigenvalue weighted by atomic mass is 9.34. The lowest BCUT2D eigenvalue weighted by Crippen LogP contribution is -2.66. The van der Waals surface area contributed by atoms with Crippen LogP contribution in [0.1, 0.15) is 98.2 Å². The van der Waals surface area contributed by atoms with Gasteiger partial charge in [-0.1, -0.05) is 90.4 Å². The number of hydrogen-bond acceptors (Lipinski definition) is 3. The summed E-state index contributed by atoms with van der Waals surface area (Å²) < 4.78 is 1.88. The highest BCUT2D eigenvalue weighted by atomic mass is 16.2. The molecule has 2 unspecified atom stereocenters. The van der Waals surface area contributed by atoms with Crippen molar-refractivity contribution in [2.45, 2.75) is 93.4 Å². The van der Waals surface area contributed by atoms with Crippen LogP contribution in [0.5, 0.6) is 0 Å². The van der Waals surface area contributed by atoms with Crippen LogP contribution in [0.3, 0.4) is 0 Å². The maximum atomic E-state index is 15.0. The monoisotopic (exact) mass is 616 g/mol. The first-order valence-electron chi connectivity index (χ1n) is 17.3. The average molecular weight is 617 g/mol. The molecule has 0 amide bonds. The van der Waals surface area contributed by atoms with E-state index < -0.39 is 16.2 Å². The average Bonchev–Trinajstić information content (AvgIpc) is 3.50. The van der Waals surface area contributed by atoms with Gasteiger partial charge >= 0.3 is 0 Å². The summed E-state index contributed by atoms with van der Waals surface area (Å²) in [6, 6.07) is 14.1. The zero-order valence-electron chi connectivity index (χ0n) is 28.6. The second-order valence-corrected chi connectivity index (χ2v) is 17.3. The first kappa shape index (κ1) is 31.1. The maximum absolute atomic E-state index is 15.0. The Labute approximate surface area is 274 Å². The van der Waals surface area contributed by atoms with E-state index in [1.165, 1.54) is 0 Å². The highest BCUT2D eigenvalue weighted by Crippen LogP contribution is 2.74. The molecule has 0 spiro atoms. The third kappa shape index (κ3) is 3.88. The van der Waals surface area contributed by atoms with E-state index >= 15 is 4.79 Å². The van der Waals surface area contributed by atoms with Crippen molar-refractivity contribution in [2.24, 2.45) is 50.2 Å². The molecule has 3 saturated carbocycles. The number of Topliss-reactive ketones (excluding diaryl/α,β-unsaturated/α-hetero) is 1. The van der Waals surface area contributed by atoms with Gasteiger partial charge in [0.05, 0.1) is 17.7 Å². The van der Waals surface area contributed by atoms with E-state index in [4.69, 9.17) is 6.57 Å². The van der Waals surface area contributed by atoms with Crippen molar-refractivity contribution in [2.75, 3.05) is 0 Å². The van der Waals surface area contributed by atoms with Crippen LogP contribution in [-0.2, 0) is 9.59 Å². The molecule has 0 aliphatic heterocycles. The summed E-state index contributed by atoms with van der Waals surface area (Å²) in [5.41, 5.74) is 0.773. The minimum atomic E-state index is -0.679. The van der Waals surface area contributed by atoms with E-state index in [0.29, 0.717) is 0 Å². The van der Waals surface area contributed by atoms with Gasteiger partial charge < -0.3 is 4.79 Å². The van der Waals surface area contributed by atoms with Crippen molar-refractivity contribution < 1.29 is 14.4 Å². The van der Waals surface area contributed by atoms with Gasteiger partial charge in [-0.3, -0.25) is 14.2 Å². The number of aromatic nitrogens is 1. The van der Waals surface area contributed by atoms with Crippen LogP contribution in [0.4, 0.5) is 0 Å². The summed E-state index contributed by atoms with van der Waals surface area (Å²) in [7, 11) is 0. The SMILES string of the molecule is [C-]#[N+]C1=C[C@]2(C)C3=CC(=O)C4C5CC(C)(C)CC[C@]5(C(=O)n5cccc5-c5ccccc5)CC[C@@]4(C)[C@]3(C)CC[C@H]2C(C)(C)C1=O. The van der Waals surface area contributed by atoms with Crippen LogP contribution in [0.2, 0.25) is 0 Å². The Balaban J connectivity index is 1.37. The number of rotatable bonds is 2. The van der Waals surface area contributed by atoms with Crippen molar-refractivity contribution >= 4 is 17.5 Å². The smallest absolute Gasteiger partial charge is 0.237 e. The van der Waals surface area contributed by atoms with E-state index in [1.807, 2.05) is 67.1 Å². The summed E-state index contributed by atoms with van der Waals surface area (Å²) in [5.74, 6) is -0.116. The van der Waals surface area contributed by atoms with Crippen molar-refractivity contribution in [3.8, 4) is 11.3 Å². The molecule has 1 heterocycles. The van der Waals surface area contributed by atoms with Gasteiger partial charge in [-0.2, -0.15) is 0 Å². The van der Waals surface area contributed by atoms with Crippen LogP contribution in [0, 0.1) is 56.8 Å². The van der Waals surface area contributed by atoms with Crippen LogP contribution >= 0.6 is 0 Å². The molecular weight excluding hydrogens is 568 g/mol. The molecule has 1 aromatic heterocycles. The van der Waals surface area contributed by atoms with Crippen molar-refractivity contribution in [1.29, 1.82) is 0 Å². The zero-order valence-corrected chi connectivity index (χ0v) is 28.6. The normalized spacial score (nSPS) is 39.0. The van der Waals surface area contributed by atoms with E-state index in [9.17, 15) is 9.59 Å². The molecule has 5 aliphatic rings. The van der Waals surface area contributed by atoms with Gasteiger partial charge in [0.15, 0.2) is 11.6 Å². The zero-order chi connectivity index (χ0) is 33.1. The summed E-state index contributed by atoms with van der Waals surface area (Å²) >= 11 is 0. The van der Waals surface area contributed by atoms with Crippen molar-refractivity contribution in [1.82, 2.24) is 4.57 Å². The minimum absolute atomic E-state index is 0.0216. The molecule has 2 aromatic rings. The standard InChI is InChI=1S/C41H48N2O3/c1-36(2)18-20-41(35(46)43-22-12-15-29(43)26-13-10-9-11-14-26)21-19-40(7)33(27(41)24-36)30(44)23-32-38(5)25-28(42-8)34(45)37(3,4)31(38)16-17-39(32,40)6/h9-15,22-23,25,27,31,33H,16-21,24H2,1-7H3/t27?,31-,33?,38-,39+,40+,41-/m0/s1. The molecule has 5 nitrogen and oxygen atoms in total. The number of benzene rings is 1. The number of carbonyl (C=O) groups is 3. The number of hydrogen-bond donors (Lipinski definition) is 0. The van der Waals surface area contributed by atoms with Gasteiger partial charge in [-0.05, 0) is 96.8 Å². The molecular formula is C41H48N2O3. The fraction of sp³-hybridized carbons (Fsp3) is 0.561. The Morgan fingerprint density at radius 2 is 1.59 bits per heavy atom. The molecule has 46 heavy (non-hydrogen) atoms. The van der Waals surface area contributed by atoms with Gasteiger partial charge in [-0.15, -0.1) is 0 Å². The highest BCUT2D eigenvalue weighted by molar-refractivity contribution is 6.03. The summed E-state index contributed by atoms with van der Waals surface area (Å²) in [4.78, 5) is 47.0. The maximum Gasteiger partial charge on any atom is 0.237 e. The highest BCUT2D eigenvalue weighted by Gasteiger charge is 2.70. The predicted molar refractivity (Wildman–Crippen MR) is 180 cm³/mol. The molecule has 5 aliphatic carbocycles. The number of carbonyl (C=O) groups excluding carboxylic acids is 3.